The van der Waals surface area contributed by atoms with E-state index in [1.165, 1.54) is 5.39 Å². The molecule has 0 saturated heterocycles. The maximum absolute atomic E-state index is 4.68. The summed E-state index contributed by atoms with van der Waals surface area (Å²) in [4.78, 5) is 9.04. The lowest BCUT2D eigenvalue weighted by molar-refractivity contribution is 1.25. The zero-order valence-electron chi connectivity index (χ0n) is 9.59. The monoisotopic (exact) mass is 220 g/mol. The lowest BCUT2D eigenvalue weighted by atomic mass is 10.1. The second-order valence-corrected chi connectivity index (χ2v) is 4.06. The number of hydrogen-bond donors (Lipinski definition) is 0. The van der Waals surface area contributed by atoms with Crippen LogP contribution < -0.4 is 0 Å². The first-order chi connectivity index (χ1) is 8.34. The maximum Gasteiger partial charge on any atom is 0.0922 e. The third-order valence-corrected chi connectivity index (χ3v) is 2.82. The molecule has 3 aromatic rings. The van der Waals surface area contributed by atoms with Gasteiger partial charge in [0.2, 0.25) is 0 Å². The molecule has 0 aliphatic carbocycles. The van der Waals surface area contributed by atoms with Gasteiger partial charge >= 0.3 is 0 Å². The molecule has 2 heteroatoms. The van der Waals surface area contributed by atoms with E-state index in [4.69, 9.17) is 0 Å². The molecule has 0 bridgehead atoms. The predicted octanol–water partition coefficient (Wildman–Crippen LogP) is 3.61. The lowest BCUT2D eigenvalue weighted by Crippen LogP contribution is -1.91. The zero-order valence-corrected chi connectivity index (χ0v) is 9.59. The summed E-state index contributed by atoms with van der Waals surface area (Å²) in [5, 5.41) is 1.17. The van der Waals surface area contributed by atoms with Gasteiger partial charge in [0.25, 0.3) is 0 Å². The minimum atomic E-state index is 0.927. The number of aromatic nitrogens is 2. The quantitative estimate of drug-likeness (QED) is 0.626. The number of nitrogens with zero attached hydrogens (tertiary/aromatic N) is 2. The largest absolute Gasteiger partial charge is 0.255 e. The molecule has 0 spiro atoms. The average Bonchev–Trinajstić information content (AvgIpc) is 2.39. The van der Waals surface area contributed by atoms with Crippen molar-refractivity contribution in [3.05, 3.63) is 60.3 Å². The fraction of sp³-hybridized carbons (Fsp3) is 0.0667. The number of hydrogen-bond acceptors (Lipinski definition) is 2. The second-order valence-electron chi connectivity index (χ2n) is 4.06. The first kappa shape index (κ1) is 9.97. The van der Waals surface area contributed by atoms with Crippen molar-refractivity contribution in [2.75, 3.05) is 0 Å². The van der Waals surface area contributed by atoms with E-state index in [1.54, 1.807) is 6.20 Å². The Bertz CT molecular complexity index is 660. The molecule has 2 aromatic heterocycles. The van der Waals surface area contributed by atoms with Gasteiger partial charge in [0.15, 0.2) is 0 Å². The van der Waals surface area contributed by atoms with Gasteiger partial charge in [0, 0.05) is 11.6 Å². The predicted molar refractivity (Wildman–Crippen MR) is 69.7 cm³/mol. The third-order valence-electron chi connectivity index (χ3n) is 2.82. The van der Waals surface area contributed by atoms with Gasteiger partial charge in [-0.25, -0.2) is 4.98 Å². The number of para-hydroxylation sites is 1. The van der Waals surface area contributed by atoms with Crippen molar-refractivity contribution < 1.29 is 0 Å². The number of pyridine rings is 2. The van der Waals surface area contributed by atoms with Crippen LogP contribution in [0.2, 0.25) is 0 Å². The number of aryl methyl sites for hydroxylation is 1. The van der Waals surface area contributed by atoms with E-state index < -0.39 is 0 Å². The summed E-state index contributed by atoms with van der Waals surface area (Å²) < 4.78 is 0. The van der Waals surface area contributed by atoms with Crippen molar-refractivity contribution in [2.24, 2.45) is 0 Å². The topological polar surface area (TPSA) is 25.8 Å². The highest BCUT2D eigenvalue weighted by Gasteiger charge is 2.06. The van der Waals surface area contributed by atoms with E-state index in [-0.39, 0.29) is 0 Å². The van der Waals surface area contributed by atoms with Crippen LogP contribution in [0.4, 0.5) is 0 Å². The van der Waals surface area contributed by atoms with Crippen molar-refractivity contribution in [3.8, 4) is 11.4 Å². The Balaban J connectivity index is 2.27. The smallest absolute Gasteiger partial charge is 0.0922 e. The van der Waals surface area contributed by atoms with Gasteiger partial charge in [0.1, 0.15) is 0 Å². The number of benzene rings is 1. The summed E-state index contributed by atoms with van der Waals surface area (Å²) in [6, 6.07) is 16.2. The summed E-state index contributed by atoms with van der Waals surface area (Å²) in [5.41, 5.74) is 4.06. The van der Waals surface area contributed by atoms with Crippen molar-refractivity contribution in [1.29, 1.82) is 0 Å². The minimum Gasteiger partial charge on any atom is -0.255 e. The van der Waals surface area contributed by atoms with Crippen LogP contribution in [0.3, 0.4) is 0 Å². The van der Waals surface area contributed by atoms with Crippen molar-refractivity contribution >= 4 is 10.9 Å². The van der Waals surface area contributed by atoms with Crippen LogP contribution in [-0.2, 0) is 0 Å². The molecule has 17 heavy (non-hydrogen) atoms. The molecular weight excluding hydrogens is 208 g/mol. The summed E-state index contributed by atoms with van der Waals surface area (Å²) >= 11 is 0. The third kappa shape index (κ3) is 1.78. The molecule has 2 heterocycles. The van der Waals surface area contributed by atoms with Crippen LogP contribution in [0, 0.1) is 6.92 Å². The van der Waals surface area contributed by atoms with Gasteiger partial charge < -0.3 is 0 Å². The van der Waals surface area contributed by atoms with Crippen LogP contribution in [0.25, 0.3) is 22.3 Å². The van der Waals surface area contributed by atoms with E-state index in [0.29, 0.717) is 0 Å². The van der Waals surface area contributed by atoms with Crippen LogP contribution in [0.5, 0.6) is 0 Å². The fourth-order valence-corrected chi connectivity index (χ4v) is 1.98. The fourth-order valence-electron chi connectivity index (χ4n) is 1.98. The molecule has 2 nitrogen and oxygen atoms in total. The van der Waals surface area contributed by atoms with Crippen molar-refractivity contribution in [2.45, 2.75) is 6.92 Å². The van der Waals surface area contributed by atoms with Gasteiger partial charge in [-0.2, -0.15) is 0 Å². The Morgan fingerprint density at radius 2 is 1.76 bits per heavy atom. The SMILES string of the molecule is Cc1cc2ccccc2nc1-c1ccccn1. The van der Waals surface area contributed by atoms with E-state index >= 15 is 0 Å². The summed E-state index contributed by atoms with van der Waals surface area (Å²) in [6.07, 6.45) is 1.80. The molecule has 3 rings (SSSR count). The normalized spacial score (nSPS) is 10.6. The van der Waals surface area contributed by atoms with E-state index in [1.807, 2.05) is 36.4 Å². The van der Waals surface area contributed by atoms with Crippen LogP contribution in [0.1, 0.15) is 5.56 Å². The molecule has 0 amide bonds. The summed E-state index contributed by atoms with van der Waals surface area (Å²) in [5.74, 6) is 0. The first-order valence-corrected chi connectivity index (χ1v) is 5.62. The number of rotatable bonds is 1. The van der Waals surface area contributed by atoms with E-state index in [2.05, 4.69) is 29.0 Å². The van der Waals surface area contributed by atoms with Crippen LogP contribution in [-0.4, -0.2) is 9.97 Å². The van der Waals surface area contributed by atoms with Crippen molar-refractivity contribution in [3.63, 3.8) is 0 Å². The molecule has 0 aliphatic heterocycles. The lowest BCUT2D eigenvalue weighted by Gasteiger charge is -2.06. The highest BCUT2D eigenvalue weighted by atomic mass is 14.8. The highest BCUT2D eigenvalue weighted by molar-refractivity contribution is 5.82. The van der Waals surface area contributed by atoms with Gasteiger partial charge in [0.05, 0.1) is 16.9 Å². The molecule has 0 atom stereocenters. The Morgan fingerprint density at radius 3 is 2.59 bits per heavy atom. The van der Waals surface area contributed by atoms with Gasteiger partial charge in [-0.15, -0.1) is 0 Å². The maximum atomic E-state index is 4.68. The Morgan fingerprint density at radius 1 is 0.941 bits per heavy atom. The molecule has 0 fully saturated rings. The van der Waals surface area contributed by atoms with E-state index in [9.17, 15) is 0 Å². The summed E-state index contributed by atoms with van der Waals surface area (Å²) in [6.45, 7) is 2.07. The van der Waals surface area contributed by atoms with E-state index in [0.717, 1.165) is 22.5 Å². The Kier molecular flexibility index (Phi) is 2.33. The molecule has 0 unspecified atom stereocenters. The molecule has 0 radical (unpaired) electrons. The average molecular weight is 220 g/mol. The second kappa shape index (κ2) is 3.98. The first-order valence-electron chi connectivity index (χ1n) is 5.62. The molecule has 0 N–H and O–H groups in total. The Hall–Kier alpha value is -2.22. The van der Waals surface area contributed by atoms with Gasteiger partial charge in [-0.1, -0.05) is 24.3 Å². The van der Waals surface area contributed by atoms with Gasteiger partial charge in [-0.05, 0) is 36.8 Å². The molecule has 0 aliphatic rings. The number of fused-ring (bicyclic) bond motifs is 1. The molecule has 0 saturated carbocycles. The zero-order chi connectivity index (χ0) is 11.7. The van der Waals surface area contributed by atoms with Crippen LogP contribution in [0.15, 0.2) is 54.7 Å². The van der Waals surface area contributed by atoms with Crippen molar-refractivity contribution in [1.82, 2.24) is 9.97 Å². The molecule has 1 aromatic carbocycles. The standard InChI is InChI=1S/C15H12N2/c1-11-10-12-6-2-3-7-13(12)17-15(11)14-8-4-5-9-16-14/h2-10H,1H3. The molecule has 82 valence electrons. The van der Waals surface area contributed by atoms with Gasteiger partial charge in [-0.3, -0.25) is 4.98 Å². The Labute approximate surface area is 100.0 Å². The highest BCUT2D eigenvalue weighted by Crippen LogP contribution is 2.23. The summed E-state index contributed by atoms with van der Waals surface area (Å²) in [7, 11) is 0. The van der Waals surface area contributed by atoms with Crippen LogP contribution >= 0.6 is 0 Å². The minimum absolute atomic E-state index is 0.927. The molecular formula is C15H12N2.